The molecule has 0 radical (unpaired) electrons. The van der Waals surface area contributed by atoms with E-state index in [-0.39, 0.29) is 29.8 Å². The molecule has 4 rings (SSSR count). The lowest BCUT2D eigenvalue weighted by atomic mass is 9.93. The molecule has 3 N–H and O–H groups in total. The fourth-order valence-electron chi connectivity index (χ4n) is 4.82. The van der Waals surface area contributed by atoms with Crippen LogP contribution in [0.5, 0.6) is 28.7 Å². The lowest BCUT2D eigenvalue weighted by Gasteiger charge is -2.34. The highest BCUT2D eigenvalue weighted by molar-refractivity contribution is 5.53. The fraction of sp³-hybridized carbons (Fsp3) is 0.538. The molecule has 1 aliphatic carbocycles. The SMILES string of the molecule is COc1cc(CCC2CC(O)CC(c3cc(OC)c(O)c(OC4CCCC4)c3)O2)ccc1O. The standard InChI is InChI=1S/C26H34O7/c1-30-23-11-16(8-10-21(23)28)7-9-20-14-18(27)15-22(33-20)17-12-24(31-2)26(29)25(13-17)32-19-5-3-4-6-19/h8,10-13,18-20,22,27-29H,3-7,9,14-15H2,1-2H3. The number of aromatic hydroxyl groups is 2. The molecule has 2 fully saturated rings. The first-order chi connectivity index (χ1) is 16.0. The van der Waals surface area contributed by atoms with Crippen LogP contribution in [-0.4, -0.2) is 47.9 Å². The van der Waals surface area contributed by atoms with Gasteiger partial charge in [0.25, 0.3) is 0 Å². The summed E-state index contributed by atoms with van der Waals surface area (Å²) in [4.78, 5) is 0. The van der Waals surface area contributed by atoms with Gasteiger partial charge in [-0.05, 0) is 80.3 Å². The molecule has 0 bridgehead atoms. The normalized spacial score (nSPS) is 23.4. The minimum absolute atomic E-state index is 0.00216. The molecule has 7 heteroatoms. The Labute approximate surface area is 194 Å². The van der Waals surface area contributed by atoms with E-state index in [1.165, 1.54) is 14.2 Å². The molecule has 1 saturated heterocycles. The summed E-state index contributed by atoms with van der Waals surface area (Å²) in [7, 11) is 3.05. The molecule has 2 aromatic rings. The molecule has 7 nitrogen and oxygen atoms in total. The predicted octanol–water partition coefficient (Wildman–Crippen LogP) is 4.65. The number of ether oxygens (including phenoxy) is 4. The maximum Gasteiger partial charge on any atom is 0.200 e. The van der Waals surface area contributed by atoms with Gasteiger partial charge in [-0.25, -0.2) is 0 Å². The van der Waals surface area contributed by atoms with E-state index in [1.807, 2.05) is 18.2 Å². The highest BCUT2D eigenvalue weighted by atomic mass is 16.5. The van der Waals surface area contributed by atoms with Gasteiger partial charge in [0.2, 0.25) is 5.75 Å². The van der Waals surface area contributed by atoms with Gasteiger partial charge in [-0.3, -0.25) is 0 Å². The number of phenolic OH excluding ortho intramolecular Hbond substituents is 2. The molecule has 3 unspecified atom stereocenters. The zero-order valence-corrected chi connectivity index (χ0v) is 19.3. The predicted molar refractivity (Wildman–Crippen MR) is 123 cm³/mol. The first kappa shape index (κ1) is 23.5. The molecule has 1 aliphatic heterocycles. The Kier molecular flexibility index (Phi) is 7.50. The summed E-state index contributed by atoms with van der Waals surface area (Å²) in [6, 6.07) is 8.90. The Morgan fingerprint density at radius 3 is 2.39 bits per heavy atom. The summed E-state index contributed by atoms with van der Waals surface area (Å²) in [5.41, 5.74) is 1.86. The van der Waals surface area contributed by atoms with Crippen molar-refractivity contribution in [3.63, 3.8) is 0 Å². The lowest BCUT2D eigenvalue weighted by Crippen LogP contribution is -2.31. The Hall–Kier alpha value is -2.64. The van der Waals surface area contributed by atoms with Gasteiger partial charge >= 0.3 is 0 Å². The summed E-state index contributed by atoms with van der Waals surface area (Å²) in [5.74, 6) is 1.32. The average molecular weight is 459 g/mol. The van der Waals surface area contributed by atoms with Crippen LogP contribution < -0.4 is 14.2 Å². The molecule has 180 valence electrons. The Bertz CT molecular complexity index is 938. The molecule has 0 spiro atoms. The molecule has 2 aliphatic rings. The molecule has 1 heterocycles. The van der Waals surface area contributed by atoms with Crippen molar-refractivity contribution in [2.24, 2.45) is 0 Å². The van der Waals surface area contributed by atoms with Crippen LogP contribution in [0.15, 0.2) is 30.3 Å². The number of aliphatic hydroxyl groups is 1. The highest BCUT2D eigenvalue weighted by Gasteiger charge is 2.31. The highest BCUT2D eigenvalue weighted by Crippen LogP contribution is 2.43. The fourth-order valence-corrected chi connectivity index (χ4v) is 4.82. The summed E-state index contributed by atoms with van der Waals surface area (Å²) < 4.78 is 23.1. The second kappa shape index (κ2) is 10.5. The van der Waals surface area contributed by atoms with Crippen molar-refractivity contribution in [2.75, 3.05) is 14.2 Å². The van der Waals surface area contributed by atoms with Gasteiger partial charge in [0, 0.05) is 6.42 Å². The molecule has 3 atom stereocenters. The van der Waals surface area contributed by atoms with E-state index in [0.717, 1.165) is 49.7 Å². The zero-order valence-electron chi connectivity index (χ0n) is 19.3. The van der Waals surface area contributed by atoms with Crippen molar-refractivity contribution >= 4 is 0 Å². The molecule has 0 aromatic heterocycles. The number of hydrogen-bond acceptors (Lipinski definition) is 7. The number of hydrogen-bond donors (Lipinski definition) is 3. The van der Waals surface area contributed by atoms with E-state index in [2.05, 4.69) is 0 Å². The van der Waals surface area contributed by atoms with E-state index >= 15 is 0 Å². The first-order valence-corrected chi connectivity index (χ1v) is 11.7. The molecule has 1 saturated carbocycles. The quantitative estimate of drug-likeness (QED) is 0.530. The van der Waals surface area contributed by atoms with Gasteiger partial charge < -0.3 is 34.3 Å². The van der Waals surface area contributed by atoms with Crippen molar-refractivity contribution in [3.8, 4) is 28.7 Å². The maximum atomic E-state index is 10.6. The molecule has 2 aromatic carbocycles. The van der Waals surface area contributed by atoms with Crippen molar-refractivity contribution in [2.45, 2.75) is 75.8 Å². The first-order valence-electron chi connectivity index (χ1n) is 11.7. The third-order valence-electron chi connectivity index (χ3n) is 6.63. The monoisotopic (exact) mass is 458 g/mol. The van der Waals surface area contributed by atoms with E-state index in [1.54, 1.807) is 12.1 Å². The number of rotatable bonds is 8. The minimum atomic E-state index is -0.484. The minimum Gasteiger partial charge on any atom is -0.504 e. The lowest BCUT2D eigenvalue weighted by molar-refractivity contribution is -0.0999. The third-order valence-corrected chi connectivity index (χ3v) is 6.63. The van der Waals surface area contributed by atoms with E-state index in [0.29, 0.717) is 30.1 Å². The average Bonchev–Trinajstić information content (AvgIpc) is 3.32. The summed E-state index contributed by atoms with van der Waals surface area (Å²) >= 11 is 0. The molecule has 0 amide bonds. The molecular formula is C26H34O7. The van der Waals surface area contributed by atoms with Crippen LogP contribution in [0.4, 0.5) is 0 Å². The molecule has 33 heavy (non-hydrogen) atoms. The van der Waals surface area contributed by atoms with E-state index in [9.17, 15) is 15.3 Å². The number of aryl methyl sites for hydroxylation is 1. The van der Waals surface area contributed by atoms with Gasteiger partial charge in [-0.2, -0.15) is 0 Å². The summed E-state index contributed by atoms with van der Waals surface area (Å²) in [6.45, 7) is 0. The Morgan fingerprint density at radius 1 is 0.939 bits per heavy atom. The number of methoxy groups -OCH3 is 2. The largest absolute Gasteiger partial charge is 0.504 e. The van der Waals surface area contributed by atoms with Crippen LogP contribution in [-0.2, 0) is 11.2 Å². The smallest absolute Gasteiger partial charge is 0.200 e. The summed E-state index contributed by atoms with van der Waals surface area (Å²) in [6.07, 6.45) is 5.88. The zero-order chi connectivity index (χ0) is 23.4. The number of phenols is 2. The van der Waals surface area contributed by atoms with Gasteiger partial charge in [-0.15, -0.1) is 0 Å². The van der Waals surface area contributed by atoms with Crippen LogP contribution in [0.2, 0.25) is 0 Å². The maximum absolute atomic E-state index is 10.6. The number of aliphatic hydroxyl groups excluding tert-OH is 1. The van der Waals surface area contributed by atoms with Crippen molar-refractivity contribution < 1.29 is 34.3 Å². The topological polar surface area (TPSA) is 97.6 Å². The van der Waals surface area contributed by atoms with E-state index < -0.39 is 6.10 Å². The molecular weight excluding hydrogens is 424 g/mol. The van der Waals surface area contributed by atoms with Crippen LogP contribution in [0.1, 0.15) is 62.2 Å². The van der Waals surface area contributed by atoms with Crippen molar-refractivity contribution in [1.82, 2.24) is 0 Å². The third kappa shape index (κ3) is 5.65. The second-order valence-corrected chi connectivity index (χ2v) is 9.01. The van der Waals surface area contributed by atoms with Gasteiger partial charge in [-0.1, -0.05) is 6.07 Å². The van der Waals surface area contributed by atoms with E-state index in [4.69, 9.17) is 18.9 Å². The number of benzene rings is 2. The van der Waals surface area contributed by atoms with Crippen LogP contribution >= 0.6 is 0 Å². The van der Waals surface area contributed by atoms with Crippen molar-refractivity contribution in [1.29, 1.82) is 0 Å². The van der Waals surface area contributed by atoms with Gasteiger partial charge in [0.15, 0.2) is 23.0 Å². The van der Waals surface area contributed by atoms with Crippen LogP contribution in [0.25, 0.3) is 0 Å². The van der Waals surface area contributed by atoms with Crippen molar-refractivity contribution in [3.05, 3.63) is 41.5 Å². The van der Waals surface area contributed by atoms with Crippen LogP contribution in [0.3, 0.4) is 0 Å². The second-order valence-electron chi connectivity index (χ2n) is 9.01. The Balaban J connectivity index is 1.47. The van der Waals surface area contributed by atoms with Gasteiger partial charge in [0.1, 0.15) is 0 Å². The Morgan fingerprint density at radius 2 is 1.67 bits per heavy atom. The van der Waals surface area contributed by atoms with Gasteiger partial charge in [0.05, 0.1) is 38.6 Å². The summed E-state index contributed by atoms with van der Waals surface area (Å²) in [5, 5.41) is 30.9. The van der Waals surface area contributed by atoms with Crippen LogP contribution in [0, 0.1) is 0 Å².